The molecule has 0 saturated heterocycles. The molecule has 4 radical (unpaired) electrons. The number of aromatic nitrogens is 1. The quantitative estimate of drug-likeness (QED) is 0.518. The fraction of sp³-hybridized carbons (Fsp3) is 0.125. The Labute approximate surface area is 66.0 Å². The summed E-state index contributed by atoms with van der Waals surface area (Å²) in [5.74, 6) is 0. The van der Waals surface area contributed by atoms with Gasteiger partial charge in [-0.3, -0.25) is 0 Å². The van der Waals surface area contributed by atoms with E-state index in [0.717, 1.165) is 5.56 Å². The number of hydrogen-bond acceptors (Lipinski definition) is 1. The van der Waals surface area contributed by atoms with E-state index in [1.165, 1.54) is 0 Å². The third-order valence-corrected chi connectivity index (χ3v) is 1.46. The van der Waals surface area contributed by atoms with Crippen molar-refractivity contribution in [2.45, 2.75) is 6.92 Å². The molecule has 0 aliphatic heterocycles. The molecule has 1 rings (SSSR count). The Balaban J connectivity index is 3.31. The highest BCUT2D eigenvalue weighted by molar-refractivity contribution is 6.29. The Bertz CT molecular complexity index is 232. The predicted octanol–water partition coefficient (Wildman–Crippen LogP) is 2.16. The van der Waals surface area contributed by atoms with Gasteiger partial charge in [-0.2, -0.15) is 0 Å². The average molecular weight is 152 g/mol. The maximum absolute atomic E-state index is 5.58. The summed E-state index contributed by atoms with van der Waals surface area (Å²) in [5.41, 5.74) is 1.66. The van der Waals surface area contributed by atoms with Gasteiger partial charge >= 0.3 is 0 Å². The van der Waals surface area contributed by atoms with Crippen molar-refractivity contribution in [3.8, 4) is 0 Å². The summed E-state index contributed by atoms with van der Waals surface area (Å²) >= 11 is 5.58. The molecule has 50 valence electrons. The first-order valence-corrected chi connectivity index (χ1v) is 3.17. The second-order valence-electron chi connectivity index (χ2n) is 2.06. The molecule has 0 spiro atoms. The molecule has 1 heterocycles. The summed E-state index contributed by atoms with van der Waals surface area (Å²) in [6.45, 7) is 12.7. The highest BCUT2D eigenvalue weighted by Gasteiger charge is 1.99. The topological polar surface area (TPSA) is 12.9 Å². The largest absolute Gasteiger partial charge is 0.240 e. The molecule has 1 aromatic heterocycles. The number of rotatable bonds is 0. The molecule has 1 aromatic rings. The first-order chi connectivity index (χ1) is 4.61. The number of nitrogens with zero attached hydrogens (tertiary/aromatic N) is 1. The van der Waals surface area contributed by atoms with Crippen molar-refractivity contribution in [1.82, 2.24) is 4.98 Å². The maximum Gasteiger partial charge on any atom is 0.129 e. The van der Waals surface area contributed by atoms with Crippen LogP contribution in [0.5, 0.6) is 0 Å². The van der Waals surface area contributed by atoms with Gasteiger partial charge in [0.1, 0.15) is 5.15 Å². The molecule has 2 heteroatoms. The van der Waals surface area contributed by atoms with Gasteiger partial charge in [0.25, 0.3) is 0 Å². The van der Waals surface area contributed by atoms with Crippen molar-refractivity contribution in [2.24, 2.45) is 0 Å². The van der Waals surface area contributed by atoms with Crippen molar-refractivity contribution in [2.75, 3.05) is 0 Å². The Morgan fingerprint density at radius 3 is 2.60 bits per heavy atom. The van der Waals surface area contributed by atoms with E-state index in [0.29, 0.717) is 16.4 Å². The zero-order valence-electron chi connectivity index (χ0n) is 5.56. The minimum atomic E-state index is 0.296. The lowest BCUT2D eigenvalue weighted by Crippen LogP contribution is -1.90. The van der Waals surface area contributed by atoms with Crippen LogP contribution in [0.2, 0.25) is 5.15 Å². The van der Waals surface area contributed by atoms with Gasteiger partial charge in [-0.25, -0.2) is 4.98 Å². The van der Waals surface area contributed by atoms with Crippen molar-refractivity contribution in [3.05, 3.63) is 41.9 Å². The van der Waals surface area contributed by atoms with E-state index in [1.807, 2.05) is 6.92 Å². The van der Waals surface area contributed by atoms with Crippen molar-refractivity contribution < 1.29 is 0 Å². The van der Waals surface area contributed by atoms with Crippen molar-refractivity contribution >= 4 is 11.6 Å². The van der Waals surface area contributed by atoms with Gasteiger partial charge in [-0.1, -0.05) is 11.6 Å². The van der Waals surface area contributed by atoms with Crippen LogP contribution >= 0.6 is 11.6 Å². The molecule has 0 aliphatic carbocycles. The predicted molar refractivity (Wildman–Crippen MR) is 40.8 cm³/mol. The minimum Gasteiger partial charge on any atom is -0.240 e. The van der Waals surface area contributed by atoms with Gasteiger partial charge in [-0.15, -0.1) is 0 Å². The standard InChI is InChI=1S/C8H6ClN/c1-5-4-8(9)10-7(3)6(5)2/h2-4H,1H3. The lowest BCUT2D eigenvalue weighted by atomic mass is 10.1. The molecule has 0 aliphatic rings. The van der Waals surface area contributed by atoms with Gasteiger partial charge in [0.2, 0.25) is 0 Å². The van der Waals surface area contributed by atoms with Gasteiger partial charge in [0.15, 0.2) is 0 Å². The van der Waals surface area contributed by atoms with Gasteiger partial charge < -0.3 is 0 Å². The summed E-state index contributed by atoms with van der Waals surface area (Å²) in [4.78, 5) is 3.75. The SMILES string of the molecule is [CH]c1nc(Cl)cc(C)c1[CH]. The van der Waals surface area contributed by atoms with Crippen molar-refractivity contribution in [3.63, 3.8) is 0 Å². The van der Waals surface area contributed by atoms with Crippen LogP contribution in [0.1, 0.15) is 16.8 Å². The molecule has 0 saturated carbocycles. The second-order valence-corrected chi connectivity index (χ2v) is 2.45. The Hall–Kier alpha value is -0.560. The Kier molecular flexibility index (Phi) is 1.95. The van der Waals surface area contributed by atoms with Gasteiger partial charge in [-0.05, 0) is 24.1 Å². The maximum atomic E-state index is 5.58. The summed E-state index contributed by atoms with van der Waals surface area (Å²) < 4.78 is 0. The smallest absolute Gasteiger partial charge is 0.129 e. The van der Waals surface area contributed by atoms with E-state index in [-0.39, 0.29) is 0 Å². The van der Waals surface area contributed by atoms with Crippen LogP contribution in [0, 0.1) is 20.8 Å². The fourth-order valence-electron chi connectivity index (χ4n) is 0.666. The molecular weight excluding hydrogens is 146 g/mol. The minimum absolute atomic E-state index is 0.296. The molecule has 0 fully saturated rings. The van der Waals surface area contributed by atoms with Gasteiger partial charge in [0.05, 0.1) is 5.69 Å². The van der Waals surface area contributed by atoms with Crippen LogP contribution in [-0.2, 0) is 0 Å². The summed E-state index contributed by atoms with van der Waals surface area (Å²) in [6.07, 6.45) is 0. The zero-order valence-corrected chi connectivity index (χ0v) is 6.31. The van der Waals surface area contributed by atoms with E-state index in [1.54, 1.807) is 6.07 Å². The van der Waals surface area contributed by atoms with Crippen molar-refractivity contribution in [1.29, 1.82) is 0 Å². The van der Waals surface area contributed by atoms with Crippen LogP contribution in [-0.4, -0.2) is 4.98 Å². The number of pyridine rings is 1. The monoisotopic (exact) mass is 151 g/mol. The number of hydrogen-bond donors (Lipinski definition) is 0. The van der Waals surface area contributed by atoms with E-state index in [2.05, 4.69) is 4.98 Å². The van der Waals surface area contributed by atoms with E-state index < -0.39 is 0 Å². The summed E-state index contributed by atoms with van der Waals surface area (Å²) in [5, 5.41) is 0.379. The molecule has 0 amide bonds. The van der Waals surface area contributed by atoms with Crippen LogP contribution in [0.4, 0.5) is 0 Å². The van der Waals surface area contributed by atoms with Gasteiger partial charge in [0, 0.05) is 13.8 Å². The second kappa shape index (κ2) is 2.59. The fourth-order valence-corrected chi connectivity index (χ4v) is 0.921. The Morgan fingerprint density at radius 2 is 2.10 bits per heavy atom. The van der Waals surface area contributed by atoms with E-state index >= 15 is 0 Å². The molecule has 1 nitrogen and oxygen atoms in total. The highest BCUT2D eigenvalue weighted by atomic mass is 35.5. The lowest BCUT2D eigenvalue weighted by Gasteiger charge is -2.01. The van der Waals surface area contributed by atoms with Crippen LogP contribution < -0.4 is 0 Å². The molecule has 0 N–H and O–H groups in total. The molecule has 0 unspecified atom stereocenters. The average Bonchev–Trinajstić information content (AvgIpc) is 1.82. The zero-order chi connectivity index (χ0) is 7.72. The van der Waals surface area contributed by atoms with Crippen LogP contribution in [0.3, 0.4) is 0 Å². The third kappa shape index (κ3) is 1.29. The summed E-state index contributed by atoms with van der Waals surface area (Å²) in [7, 11) is 0. The molecule has 10 heavy (non-hydrogen) atoms. The summed E-state index contributed by atoms with van der Waals surface area (Å²) in [6, 6.07) is 1.67. The van der Waals surface area contributed by atoms with E-state index in [4.69, 9.17) is 25.4 Å². The highest BCUT2D eigenvalue weighted by Crippen LogP contribution is 2.14. The first kappa shape index (κ1) is 7.55. The molecular formula is C8H6ClN. The molecule has 0 bridgehead atoms. The van der Waals surface area contributed by atoms with Crippen LogP contribution in [0.25, 0.3) is 0 Å². The lowest BCUT2D eigenvalue weighted by molar-refractivity contribution is 1.21. The first-order valence-electron chi connectivity index (χ1n) is 2.79. The Morgan fingerprint density at radius 1 is 1.50 bits per heavy atom. The third-order valence-electron chi connectivity index (χ3n) is 1.26. The molecule has 0 atom stereocenters. The normalized spacial score (nSPS) is 10.0. The number of aryl methyl sites for hydroxylation is 1. The van der Waals surface area contributed by atoms with E-state index in [9.17, 15) is 0 Å². The molecule has 0 aromatic carbocycles. The number of halogens is 1. The van der Waals surface area contributed by atoms with Crippen LogP contribution in [0.15, 0.2) is 6.07 Å².